The Kier molecular flexibility index (Phi) is 3.67. The maximum atomic E-state index is 12.8. The highest BCUT2D eigenvalue weighted by Gasteiger charge is 2.30. The molecule has 0 spiro atoms. The second-order valence-electron chi connectivity index (χ2n) is 5.95. The number of hydrogen-bond acceptors (Lipinski definition) is 4. The summed E-state index contributed by atoms with van der Waals surface area (Å²) in [5.41, 5.74) is 1.61. The number of fused-ring (bicyclic) bond motifs is 3. The molecule has 0 saturated carbocycles. The van der Waals surface area contributed by atoms with Crippen LogP contribution >= 0.6 is 11.6 Å². The van der Waals surface area contributed by atoms with Gasteiger partial charge in [-0.2, -0.15) is 0 Å². The van der Waals surface area contributed by atoms with Gasteiger partial charge >= 0.3 is 0 Å². The summed E-state index contributed by atoms with van der Waals surface area (Å²) in [5, 5.41) is 3.86. The van der Waals surface area contributed by atoms with Gasteiger partial charge < -0.3 is 9.73 Å². The Balaban J connectivity index is 1.92. The van der Waals surface area contributed by atoms with E-state index in [9.17, 15) is 8.42 Å². The molecule has 0 saturated heterocycles. The van der Waals surface area contributed by atoms with E-state index in [2.05, 4.69) is 5.32 Å². The fraction of sp³-hybridized carbons (Fsp3) is 0.222. The van der Waals surface area contributed by atoms with Crippen molar-refractivity contribution in [3.8, 4) is 0 Å². The number of nitrogens with one attached hydrogen (secondary N) is 1. The molecule has 2 heterocycles. The molecule has 0 bridgehead atoms. The molecule has 1 aliphatic heterocycles. The molecule has 4 nitrogen and oxygen atoms in total. The summed E-state index contributed by atoms with van der Waals surface area (Å²) < 4.78 is 31.6. The van der Waals surface area contributed by atoms with Crippen LogP contribution in [0.2, 0.25) is 0 Å². The number of halogens is 1. The SMILES string of the molecule is CC1NCC(Cl)c2oc3ccc(S(=O)(=O)c4ccccc4)cc3c21. The normalized spacial score (nSPS) is 20.9. The first-order chi connectivity index (χ1) is 11.5. The second kappa shape index (κ2) is 5.62. The molecule has 2 unspecified atom stereocenters. The number of rotatable bonds is 2. The van der Waals surface area contributed by atoms with E-state index in [0.717, 1.165) is 16.7 Å². The van der Waals surface area contributed by atoms with Crippen LogP contribution in [-0.4, -0.2) is 15.0 Å². The van der Waals surface area contributed by atoms with Gasteiger partial charge in [-0.25, -0.2) is 8.42 Å². The van der Waals surface area contributed by atoms with Gasteiger partial charge in [-0.15, -0.1) is 11.6 Å². The van der Waals surface area contributed by atoms with Crippen molar-refractivity contribution in [2.75, 3.05) is 6.54 Å². The van der Waals surface area contributed by atoms with Gasteiger partial charge in [-0.1, -0.05) is 18.2 Å². The Morgan fingerprint density at radius 3 is 2.62 bits per heavy atom. The van der Waals surface area contributed by atoms with E-state index in [1.54, 1.807) is 48.5 Å². The summed E-state index contributed by atoms with van der Waals surface area (Å²) in [5.74, 6) is 0.729. The molecule has 4 rings (SSSR count). The van der Waals surface area contributed by atoms with E-state index < -0.39 is 9.84 Å². The molecule has 6 heteroatoms. The lowest BCUT2D eigenvalue weighted by atomic mass is 9.99. The third-order valence-electron chi connectivity index (χ3n) is 4.41. The first-order valence-corrected chi connectivity index (χ1v) is 9.64. The number of benzene rings is 2. The van der Waals surface area contributed by atoms with E-state index in [4.69, 9.17) is 16.0 Å². The first kappa shape index (κ1) is 15.7. The maximum absolute atomic E-state index is 12.8. The zero-order valence-corrected chi connectivity index (χ0v) is 14.6. The highest BCUT2D eigenvalue weighted by molar-refractivity contribution is 7.91. The van der Waals surface area contributed by atoms with E-state index in [0.29, 0.717) is 12.1 Å². The summed E-state index contributed by atoms with van der Waals surface area (Å²) in [6, 6.07) is 13.5. The minimum Gasteiger partial charge on any atom is -0.459 e. The Labute approximate surface area is 145 Å². The van der Waals surface area contributed by atoms with E-state index in [1.165, 1.54) is 0 Å². The lowest BCUT2D eigenvalue weighted by Gasteiger charge is -2.23. The average molecular weight is 362 g/mol. The summed E-state index contributed by atoms with van der Waals surface area (Å²) in [6.07, 6.45) is 0. The molecule has 0 amide bonds. The highest BCUT2D eigenvalue weighted by atomic mass is 35.5. The van der Waals surface area contributed by atoms with Gasteiger partial charge in [0.2, 0.25) is 9.84 Å². The molecule has 0 radical (unpaired) electrons. The molecule has 1 aromatic heterocycles. The molecule has 2 aromatic carbocycles. The largest absolute Gasteiger partial charge is 0.459 e. The van der Waals surface area contributed by atoms with E-state index >= 15 is 0 Å². The molecule has 0 aliphatic carbocycles. The molecule has 1 aliphatic rings. The predicted octanol–water partition coefficient (Wildman–Crippen LogP) is 4.21. The van der Waals surface area contributed by atoms with Crippen LogP contribution in [-0.2, 0) is 9.84 Å². The predicted molar refractivity (Wildman–Crippen MR) is 93.1 cm³/mol. The van der Waals surface area contributed by atoms with Crippen molar-refractivity contribution in [1.29, 1.82) is 0 Å². The van der Waals surface area contributed by atoms with Gasteiger partial charge in [0, 0.05) is 23.5 Å². The van der Waals surface area contributed by atoms with Crippen molar-refractivity contribution >= 4 is 32.4 Å². The van der Waals surface area contributed by atoms with Crippen molar-refractivity contribution in [3.63, 3.8) is 0 Å². The van der Waals surface area contributed by atoms with Crippen LogP contribution in [0, 0.1) is 0 Å². The monoisotopic (exact) mass is 361 g/mol. The number of alkyl halides is 1. The number of sulfone groups is 1. The van der Waals surface area contributed by atoms with Gasteiger partial charge in [0.1, 0.15) is 16.7 Å². The zero-order chi connectivity index (χ0) is 16.9. The lowest BCUT2D eigenvalue weighted by Crippen LogP contribution is -2.28. The second-order valence-corrected chi connectivity index (χ2v) is 8.43. The van der Waals surface area contributed by atoms with Crippen LogP contribution in [0.1, 0.15) is 29.7 Å². The van der Waals surface area contributed by atoms with E-state index in [1.807, 2.05) is 6.92 Å². The maximum Gasteiger partial charge on any atom is 0.206 e. The highest BCUT2D eigenvalue weighted by Crippen LogP contribution is 2.40. The van der Waals surface area contributed by atoms with Crippen molar-refractivity contribution in [2.45, 2.75) is 28.1 Å². The molecule has 124 valence electrons. The van der Waals surface area contributed by atoms with Crippen LogP contribution in [0.5, 0.6) is 0 Å². The van der Waals surface area contributed by atoms with Gasteiger partial charge in [-0.3, -0.25) is 0 Å². The van der Waals surface area contributed by atoms with E-state index in [-0.39, 0.29) is 21.2 Å². The van der Waals surface area contributed by atoms with Crippen molar-refractivity contribution in [2.24, 2.45) is 0 Å². The van der Waals surface area contributed by atoms with Gasteiger partial charge in [0.25, 0.3) is 0 Å². The number of furan rings is 1. The third-order valence-corrected chi connectivity index (χ3v) is 6.53. The molecular weight excluding hydrogens is 346 g/mol. The van der Waals surface area contributed by atoms with Crippen LogP contribution in [0.15, 0.2) is 62.7 Å². The quantitative estimate of drug-likeness (QED) is 0.694. The molecular formula is C18H16ClNO3S. The van der Waals surface area contributed by atoms with Crippen LogP contribution in [0.4, 0.5) is 0 Å². The number of hydrogen-bond donors (Lipinski definition) is 1. The summed E-state index contributed by atoms with van der Waals surface area (Å²) in [7, 11) is -3.56. The summed E-state index contributed by atoms with van der Waals surface area (Å²) >= 11 is 6.34. The fourth-order valence-corrected chi connectivity index (χ4v) is 4.73. The lowest BCUT2D eigenvalue weighted by molar-refractivity contribution is 0.454. The molecule has 1 N–H and O–H groups in total. The molecule has 3 aromatic rings. The van der Waals surface area contributed by atoms with Crippen molar-refractivity contribution in [1.82, 2.24) is 5.32 Å². The van der Waals surface area contributed by atoms with Crippen LogP contribution < -0.4 is 5.32 Å². The van der Waals surface area contributed by atoms with Crippen LogP contribution in [0.25, 0.3) is 11.0 Å². The summed E-state index contributed by atoms with van der Waals surface area (Å²) in [4.78, 5) is 0.539. The third kappa shape index (κ3) is 2.35. The van der Waals surface area contributed by atoms with Gasteiger partial charge in [-0.05, 0) is 37.3 Å². The zero-order valence-electron chi connectivity index (χ0n) is 13.0. The Morgan fingerprint density at radius 1 is 1.12 bits per heavy atom. The first-order valence-electron chi connectivity index (χ1n) is 7.72. The fourth-order valence-electron chi connectivity index (χ4n) is 3.17. The van der Waals surface area contributed by atoms with Crippen molar-refractivity contribution in [3.05, 3.63) is 59.9 Å². The summed E-state index contributed by atoms with van der Waals surface area (Å²) in [6.45, 7) is 2.65. The van der Waals surface area contributed by atoms with Crippen molar-refractivity contribution < 1.29 is 12.8 Å². The Hall–Kier alpha value is -1.82. The smallest absolute Gasteiger partial charge is 0.206 e. The minimum atomic E-state index is -3.56. The minimum absolute atomic E-state index is 0.0610. The van der Waals surface area contributed by atoms with Crippen LogP contribution in [0.3, 0.4) is 0 Å². The molecule has 2 atom stereocenters. The average Bonchev–Trinajstić information content (AvgIpc) is 2.99. The Bertz CT molecular complexity index is 1010. The molecule has 0 fully saturated rings. The Morgan fingerprint density at radius 2 is 1.88 bits per heavy atom. The molecule has 24 heavy (non-hydrogen) atoms. The standard InChI is InChI=1S/C18H16ClNO3S/c1-11-17-14-9-13(24(21,22)12-5-3-2-4-6-12)7-8-16(14)23-18(17)15(19)10-20-11/h2-9,11,15,20H,10H2,1H3. The topological polar surface area (TPSA) is 59.3 Å². The van der Waals surface area contributed by atoms with Gasteiger partial charge in [0.15, 0.2) is 0 Å². The van der Waals surface area contributed by atoms with Gasteiger partial charge in [0.05, 0.1) is 9.79 Å².